The van der Waals surface area contributed by atoms with Crippen molar-refractivity contribution in [2.75, 3.05) is 13.7 Å². The summed E-state index contributed by atoms with van der Waals surface area (Å²) in [5.41, 5.74) is 0.463. The maximum Gasteiger partial charge on any atom is 0.387 e. The average molecular weight is 323 g/mol. The Balaban J connectivity index is 1.53. The number of nitrogens with zero attached hydrogens (tertiary/aromatic N) is 1. The van der Waals surface area contributed by atoms with E-state index >= 15 is 0 Å². The van der Waals surface area contributed by atoms with E-state index in [-0.39, 0.29) is 17.4 Å². The lowest BCUT2D eigenvalue weighted by molar-refractivity contribution is -0.0512. The van der Waals surface area contributed by atoms with Crippen LogP contribution in [-0.2, 0) is 0 Å². The van der Waals surface area contributed by atoms with Crippen molar-refractivity contribution in [2.24, 2.45) is 17.8 Å². The first-order valence-corrected chi connectivity index (χ1v) is 8.02. The molecule has 0 unspecified atom stereocenters. The summed E-state index contributed by atoms with van der Waals surface area (Å²) >= 11 is 0. The van der Waals surface area contributed by atoms with Crippen molar-refractivity contribution in [3.63, 3.8) is 0 Å². The predicted molar refractivity (Wildman–Crippen MR) is 78.8 cm³/mol. The molecule has 1 aromatic carbocycles. The molecule has 1 heterocycles. The molecule has 3 aliphatic rings. The molecule has 1 amide bonds. The number of methoxy groups -OCH3 is 1. The molecule has 1 aromatic rings. The number of ether oxygens (including phenoxy) is 2. The highest BCUT2D eigenvalue weighted by Crippen LogP contribution is 2.55. The third kappa shape index (κ3) is 2.26. The van der Waals surface area contributed by atoms with Crippen LogP contribution in [0.5, 0.6) is 11.5 Å². The van der Waals surface area contributed by atoms with Crippen LogP contribution in [-0.4, -0.2) is 37.1 Å². The Hall–Kier alpha value is -1.85. The molecule has 6 heteroatoms. The minimum absolute atomic E-state index is 0.0410. The van der Waals surface area contributed by atoms with Crippen LogP contribution in [0.1, 0.15) is 29.6 Å². The van der Waals surface area contributed by atoms with Crippen LogP contribution in [0, 0.1) is 17.8 Å². The van der Waals surface area contributed by atoms with Crippen molar-refractivity contribution in [3.05, 3.63) is 23.8 Å². The maximum atomic E-state index is 12.7. The van der Waals surface area contributed by atoms with Crippen molar-refractivity contribution >= 4 is 5.91 Å². The molecule has 1 saturated heterocycles. The molecular weight excluding hydrogens is 304 g/mol. The number of hydrogen-bond donors (Lipinski definition) is 0. The van der Waals surface area contributed by atoms with E-state index in [0.29, 0.717) is 23.4 Å². The summed E-state index contributed by atoms with van der Waals surface area (Å²) < 4.78 is 34.2. The SMILES string of the molecule is COc1cc(C(=O)N2C[C@@H]3[C@H]4CC[C@@H](C4)[C@@H]32)ccc1OC(F)F. The van der Waals surface area contributed by atoms with Crippen LogP contribution in [0.3, 0.4) is 0 Å². The Morgan fingerprint density at radius 3 is 2.74 bits per heavy atom. The number of halogens is 2. The van der Waals surface area contributed by atoms with Crippen LogP contribution < -0.4 is 9.47 Å². The van der Waals surface area contributed by atoms with Crippen molar-refractivity contribution in [1.82, 2.24) is 4.90 Å². The van der Waals surface area contributed by atoms with Gasteiger partial charge >= 0.3 is 6.61 Å². The number of alkyl halides is 2. The number of likely N-dealkylation sites (tertiary alicyclic amines) is 1. The van der Waals surface area contributed by atoms with Gasteiger partial charge in [-0.05, 0) is 49.3 Å². The summed E-state index contributed by atoms with van der Waals surface area (Å²) in [7, 11) is 1.37. The van der Waals surface area contributed by atoms with Crippen molar-refractivity contribution in [3.8, 4) is 11.5 Å². The zero-order valence-electron chi connectivity index (χ0n) is 12.9. The predicted octanol–water partition coefficient (Wildman–Crippen LogP) is 3.17. The summed E-state index contributed by atoms with van der Waals surface area (Å²) in [6.45, 7) is -2.10. The molecule has 2 bridgehead atoms. The summed E-state index contributed by atoms with van der Waals surface area (Å²) in [6, 6.07) is 4.77. The lowest BCUT2D eigenvalue weighted by Crippen LogP contribution is -2.60. The minimum atomic E-state index is -2.92. The van der Waals surface area contributed by atoms with Gasteiger partial charge in [-0.3, -0.25) is 4.79 Å². The second-order valence-corrected chi connectivity index (χ2v) is 6.69. The Bertz CT molecular complexity index is 634. The van der Waals surface area contributed by atoms with Gasteiger partial charge < -0.3 is 14.4 Å². The monoisotopic (exact) mass is 323 g/mol. The molecule has 124 valence electrons. The van der Waals surface area contributed by atoms with Crippen LogP contribution in [0.25, 0.3) is 0 Å². The molecule has 4 nitrogen and oxygen atoms in total. The fourth-order valence-corrected chi connectivity index (χ4v) is 4.71. The smallest absolute Gasteiger partial charge is 0.387 e. The van der Waals surface area contributed by atoms with Gasteiger partial charge in [-0.2, -0.15) is 8.78 Å². The van der Waals surface area contributed by atoms with E-state index < -0.39 is 6.61 Å². The molecule has 3 fully saturated rings. The highest BCUT2D eigenvalue weighted by molar-refractivity contribution is 5.95. The summed E-state index contributed by atoms with van der Waals surface area (Å²) in [6.07, 6.45) is 3.78. The van der Waals surface area contributed by atoms with Crippen LogP contribution >= 0.6 is 0 Å². The van der Waals surface area contributed by atoms with Gasteiger partial charge in [0.05, 0.1) is 7.11 Å². The van der Waals surface area contributed by atoms with Crippen LogP contribution in [0.15, 0.2) is 18.2 Å². The molecule has 4 atom stereocenters. The fraction of sp³-hybridized carbons (Fsp3) is 0.588. The first-order chi connectivity index (χ1) is 11.1. The largest absolute Gasteiger partial charge is 0.493 e. The highest BCUT2D eigenvalue weighted by atomic mass is 19.3. The quantitative estimate of drug-likeness (QED) is 0.854. The molecule has 2 aliphatic carbocycles. The van der Waals surface area contributed by atoms with Gasteiger partial charge in [0.25, 0.3) is 5.91 Å². The normalized spacial score (nSPS) is 31.0. The Morgan fingerprint density at radius 2 is 2.04 bits per heavy atom. The Kier molecular flexibility index (Phi) is 3.43. The van der Waals surface area contributed by atoms with Gasteiger partial charge in [-0.25, -0.2) is 0 Å². The van der Waals surface area contributed by atoms with Crippen LogP contribution in [0.2, 0.25) is 0 Å². The Labute approximate surface area is 133 Å². The second-order valence-electron chi connectivity index (χ2n) is 6.69. The number of rotatable bonds is 4. The number of carbonyl (C=O) groups is 1. The molecule has 23 heavy (non-hydrogen) atoms. The van der Waals surface area contributed by atoms with E-state index in [2.05, 4.69) is 4.74 Å². The van der Waals surface area contributed by atoms with Gasteiger partial charge in [0.15, 0.2) is 11.5 Å². The number of carbonyl (C=O) groups excluding carboxylic acids is 1. The van der Waals surface area contributed by atoms with Gasteiger partial charge in [0.1, 0.15) is 0 Å². The zero-order valence-corrected chi connectivity index (χ0v) is 12.9. The number of hydrogen-bond acceptors (Lipinski definition) is 3. The third-order valence-corrected chi connectivity index (χ3v) is 5.70. The highest BCUT2D eigenvalue weighted by Gasteiger charge is 2.57. The maximum absolute atomic E-state index is 12.7. The van der Waals surface area contributed by atoms with Crippen molar-refractivity contribution in [1.29, 1.82) is 0 Å². The van der Waals surface area contributed by atoms with E-state index in [1.807, 2.05) is 4.90 Å². The standard InChI is InChI=1S/C17H19F2NO3/c1-22-14-7-11(4-5-13(14)23-17(18)19)16(21)20-8-12-9-2-3-10(6-9)15(12)20/h4-5,7,9-10,12,15,17H,2-3,6,8H2,1H3/t9-,10-,12+,15-/m0/s1. The first-order valence-electron chi connectivity index (χ1n) is 8.02. The van der Waals surface area contributed by atoms with E-state index in [4.69, 9.17) is 4.74 Å². The van der Waals surface area contributed by atoms with Crippen molar-refractivity contribution in [2.45, 2.75) is 31.9 Å². The molecule has 0 radical (unpaired) electrons. The van der Waals surface area contributed by atoms with E-state index in [9.17, 15) is 13.6 Å². The molecule has 0 aromatic heterocycles. The number of amides is 1. The molecule has 1 aliphatic heterocycles. The second kappa shape index (κ2) is 5.35. The lowest BCUT2D eigenvalue weighted by Gasteiger charge is -2.50. The summed E-state index contributed by atoms with van der Waals surface area (Å²) in [4.78, 5) is 14.7. The van der Waals surface area contributed by atoms with E-state index in [1.54, 1.807) is 0 Å². The third-order valence-electron chi connectivity index (χ3n) is 5.70. The van der Waals surface area contributed by atoms with Gasteiger partial charge in [-0.1, -0.05) is 0 Å². The Morgan fingerprint density at radius 1 is 1.26 bits per heavy atom. The topological polar surface area (TPSA) is 38.8 Å². The molecule has 2 saturated carbocycles. The van der Waals surface area contributed by atoms with E-state index in [0.717, 1.165) is 12.5 Å². The molecule has 0 N–H and O–H groups in total. The first kappa shape index (κ1) is 14.7. The summed E-state index contributed by atoms with van der Waals surface area (Å²) in [5, 5.41) is 0. The number of benzene rings is 1. The van der Waals surface area contributed by atoms with E-state index in [1.165, 1.54) is 44.6 Å². The summed E-state index contributed by atoms with van der Waals surface area (Å²) in [5.74, 6) is 2.17. The zero-order chi connectivity index (χ0) is 16.1. The van der Waals surface area contributed by atoms with Gasteiger partial charge in [-0.15, -0.1) is 0 Å². The van der Waals surface area contributed by atoms with Crippen LogP contribution in [0.4, 0.5) is 8.78 Å². The average Bonchev–Trinajstić information content (AvgIpc) is 3.03. The number of fused-ring (bicyclic) bond motifs is 5. The molecular formula is C17H19F2NO3. The van der Waals surface area contributed by atoms with Crippen molar-refractivity contribution < 1.29 is 23.0 Å². The van der Waals surface area contributed by atoms with Gasteiger partial charge in [0.2, 0.25) is 0 Å². The molecule has 4 rings (SSSR count). The fourth-order valence-electron chi connectivity index (χ4n) is 4.71. The minimum Gasteiger partial charge on any atom is -0.493 e. The molecule has 0 spiro atoms. The van der Waals surface area contributed by atoms with Gasteiger partial charge in [0, 0.05) is 24.1 Å². The lowest BCUT2D eigenvalue weighted by atomic mass is 9.76.